The predicted octanol–water partition coefficient (Wildman–Crippen LogP) is 11.4. The smallest absolute Gasteiger partial charge is 0.171 e. The number of allylic oxidation sites excluding steroid dienone is 5. The molecule has 2 aliphatic heterocycles. The molecule has 1 N–H and O–H groups in total. The molecule has 2 heterocycles. The fraction of sp³-hybridized carbons (Fsp3) is 0.857. The lowest BCUT2D eigenvalue weighted by Crippen LogP contribution is -2.52. The molecule has 5 saturated carbocycles. The van der Waals surface area contributed by atoms with Gasteiger partial charge in [0.2, 0.25) is 0 Å². The molecular weight excluding hydrogens is 653 g/mol. The van der Waals surface area contributed by atoms with E-state index >= 15 is 0 Å². The highest BCUT2D eigenvalue weighted by molar-refractivity contribution is 5.95. The van der Waals surface area contributed by atoms with Gasteiger partial charge in [-0.05, 0) is 184 Å². The Labute approximate surface area is 322 Å². The molecule has 4 nitrogen and oxygen atoms in total. The quantitative estimate of drug-likeness (QED) is 0.273. The summed E-state index contributed by atoms with van der Waals surface area (Å²) in [4.78, 5) is 12.1. The largest absolute Gasteiger partial charge is 0.393 e. The summed E-state index contributed by atoms with van der Waals surface area (Å²) in [6, 6.07) is 0. The van der Waals surface area contributed by atoms with Crippen molar-refractivity contribution < 1.29 is 19.4 Å². The minimum absolute atomic E-state index is 0.107. The van der Waals surface area contributed by atoms with E-state index in [1.54, 1.807) is 18.1 Å². The number of hydrogen-bond acceptors (Lipinski definition) is 4. The maximum Gasteiger partial charge on any atom is 0.171 e. The highest BCUT2D eigenvalue weighted by atomic mass is 16.7. The summed E-state index contributed by atoms with van der Waals surface area (Å²) >= 11 is 0. The van der Waals surface area contributed by atoms with Crippen molar-refractivity contribution in [2.24, 2.45) is 80.8 Å². The van der Waals surface area contributed by atoms with Gasteiger partial charge < -0.3 is 14.6 Å². The van der Waals surface area contributed by atoms with Crippen molar-refractivity contribution >= 4 is 5.78 Å². The van der Waals surface area contributed by atoms with Gasteiger partial charge >= 0.3 is 0 Å². The van der Waals surface area contributed by atoms with E-state index in [0.717, 1.165) is 73.4 Å². The van der Waals surface area contributed by atoms with Crippen molar-refractivity contribution in [2.45, 2.75) is 176 Å². The Morgan fingerprint density at radius 3 is 2.00 bits per heavy atom. The lowest BCUT2D eigenvalue weighted by molar-refractivity contribution is -0.272. The van der Waals surface area contributed by atoms with E-state index in [1.807, 2.05) is 0 Å². The third-order valence-electron chi connectivity index (χ3n) is 19.7. The zero-order valence-corrected chi connectivity index (χ0v) is 34.9. The predicted molar refractivity (Wildman–Crippen MR) is 213 cm³/mol. The maximum absolute atomic E-state index is 12.1. The van der Waals surface area contributed by atoms with Crippen LogP contribution in [0.5, 0.6) is 0 Å². The zero-order valence-electron chi connectivity index (χ0n) is 34.9. The Morgan fingerprint density at radius 2 is 1.32 bits per heavy atom. The van der Waals surface area contributed by atoms with Crippen molar-refractivity contribution in [3.8, 4) is 0 Å². The van der Waals surface area contributed by atoms with Crippen molar-refractivity contribution in [3.05, 3.63) is 34.9 Å². The van der Waals surface area contributed by atoms with Crippen LogP contribution in [0.15, 0.2) is 34.9 Å². The van der Waals surface area contributed by atoms with Crippen molar-refractivity contribution in [1.82, 2.24) is 0 Å². The summed E-state index contributed by atoms with van der Waals surface area (Å²) in [5.41, 5.74) is 5.86. The third kappa shape index (κ3) is 5.46. The summed E-state index contributed by atoms with van der Waals surface area (Å²) in [6.45, 7) is 19.9. The van der Waals surface area contributed by atoms with Crippen LogP contribution in [0.4, 0.5) is 0 Å². The van der Waals surface area contributed by atoms with Gasteiger partial charge in [-0.3, -0.25) is 4.79 Å². The van der Waals surface area contributed by atoms with Crippen LogP contribution in [0.25, 0.3) is 0 Å². The second-order valence-electron chi connectivity index (χ2n) is 22.1. The first kappa shape index (κ1) is 37.4. The zero-order chi connectivity index (χ0) is 37.3. The third-order valence-corrected chi connectivity index (χ3v) is 19.7. The second kappa shape index (κ2) is 12.9. The Hall–Kier alpha value is -1.23. The summed E-state index contributed by atoms with van der Waals surface area (Å²) in [6.07, 6.45) is 27.4. The molecule has 17 atom stereocenters. The Balaban J connectivity index is 0.000000146. The van der Waals surface area contributed by atoms with Gasteiger partial charge in [-0.15, -0.1) is 0 Å². The minimum Gasteiger partial charge on any atom is -0.393 e. The van der Waals surface area contributed by atoms with E-state index in [9.17, 15) is 9.90 Å². The standard InChI is InChI=1S/C27H42O3.C22H32O/c1-16-7-12-27(29-15-16)17(2)24-23(30-27)14-22-20-6-5-18-13-19(28)8-10-25(18,3)21(20)9-11-26(22,24)4;1-14-9-11-21(3)16(13-14)5-6-17-19-8-7-18(15(2)23)22(19,4)12-10-20(17)21/h5,16-17,19-24,28H,6-15H2,1-4H3;5,7,14,17,19-20H,6,8-13H2,1-4H3/t16-,17+,19+,20?,21?,22?,23+,24+,25+,26+,27?;14-,17?,19?,20?,21-,22+/m10/s1. The Morgan fingerprint density at radius 1 is 0.698 bits per heavy atom. The highest BCUT2D eigenvalue weighted by Gasteiger charge is 2.68. The van der Waals surface area contributed by atoms with Gasteiger partial charge in [-0.1, -0.05) is 77.8 Å². The lowest BCUT2D eigenvalue weighted by Gasteiger charge is -2.58. The first-order valence-electron chi connectivity index (χ1n) is 22.7. The molecule has 0 aromatic carbocycles. The van der Waals surface area contributed by atoms with E-state index in [1.165, 1.54) is 77.0 Å². The second-order valence-corrected chi connectivity index (χ2v) is 22.1. The van der Waals surface area contributed by atoms with Gasteiger partial charge in [0.15, 0.2) is 11.6 Å². The molecule has 7 unspecified atom stereocenters. The molecule has 2 saturated heterocycles. The van der Waals surface area contributed by atoms with E-state index in [0.29, 0.717) is 51.8 Å². The number of carbonyl (C=O) groups is 1. The lowest BCUT2D eigenvalue weighted by atomic mass is 9.47. The van der Waals surface area contributed by atoms with Crippen LogP contribution in [-0.4, -0.2) is 35.5 Å². The molecule has 53 heavy (non-hydrogen) atoms. The number of carbonyl (C=O) groups excluding carboxylic acids is 1. The van der Waals surface area contributed by atoms with Crippen LogP contribution in [0.3, 0.4) is 0 Å². The topological polar surface area (TPSA) is 55.8 Å². The molecule has 294 valence electrons. The van der Waals surface area contributed by atoms with Gasteiger partial charge in [-0.2, -0.15) is 0 Å². The van der Waals surface area contributed by atoms with Crippen LogP contribution in [-0.2, 0) is 14.3 Å². The molecular formula is C49H74O4. The van der Waals surface area contributed by atoms with Gasteiger partial charge in [0.05, 0.1) is 18.8 Å². The Kier molecular flexibility index (Phi) is 9.09. The molecule has 0 bridgehead atoms. The first-order chi connectivity index (χ1) is 25.1. The molecule has 0 radical (unpaired) electrons. The Bertz CT molecular complexity index is 1560. The number of hydrogen-bond donors (Lipinski definition) is 1. The molecule has 1 spiro atoms. The van der Waals surface area contributed by atoms with Gasteiger partial charge in [0, 0.05) is 12.3 Å². The molecule has 0 amide bonds. The molecule has 7 fully saturated rings. The molecule has 10 aliphatic rings. The number of aliphatic hydroxyl groups excluding tert-OH is 1. The monoisotopic (exact) mass is 727 g/mol. The first-order valence-corrected chi connectivity index (χ1v) is 22.7. The average Bonchev–Trinajstić information content (AvgIpc) is 3.73. The van der Waals surface area contributed by atoms with Crippen LogP contribution >= 0.6 is 0 Å². The minimum atomic E-state index is -0.294. The fourth-order valence-corrected chi connectivity index (χ4v) is 16.6. The summed E-state index contributed by atoms with van der Waals surface area (Å²) in [5, 5.41) is 10.3. The van der Waals surface area contributed by atoms with Crippen molar-refractivity contribution in [3.63, 3.8) is 0 Å². The van der Waals surface area contributed by atoms with Gasteiger partial charge in [0.1, 0.15) is 0 Å². The van der Waals surface area contributed by atoms with Gasteiger partial charge in [-0.25, -0.2) is 0 Å². The van der Waals surface area contributed by atoms with E-state index < -0.39 is 0 Å². The molecule has 4 heteroatoms. The number of Topliss-reactive ketones (excluding diaryl/α,β-unsaturated/α-hetero) is 1. The van der Waals surface area contributed by atoms with Crippen LogP contribution in [0, 0.1) is 80.8 Å². The number of rotatable bonds is 1. The molecule has 0 aromatic rings. The summed E-state index contributed by atoms with van der Waals surface area (Å²) in [7, 11) is 0. The number of ether oxygens (including phenoxy) is 2. The molecule has 10 rings (SSSR count). The fourth-order valence-electron chi connectivity index (χ4n) is 16.6. The van der Waals surface area contributed by atoms with E-state index in [-0.39, 0.29) is 17.3 Å². The highest BCUT2D eigenvalue weighted by Crippen LogP contribution is 2.71. The molecule has 0 aromatic heterocycles. The average molecular weight is 727 g/mol. The normalized spacial score (nSPS) is 55.0. The maximum atomic E-state index is 12.1. The number of aliphatic hydroxyl groups is 1. The SMILES string of the molecule is CC(=O)C1=CCC2C3CC=C4C[C@@H](C)CC[C@]4(C)C3CC[C@]12C.C[C@@H]1CCC2(OC1)O[C@H]1CC3C4CC=C5C[C@@H](O)CC[C@]5(C)C4CC[C@]3(C)[C@H]1[C@@H]2C. The van der Waals surface area contributed by atoms with Crippen LogP contribution in [0.2, 0.25) is 0 Å². The van der Waals surface area contributed by atoms with E-state index in [4.69, 9.17) is 9.47 Å². The van der Waals surface area contributed by atoms with Crippen molar-refractivity contribution in [2.75, 3.05) is 6.61 Å². The summed E-state index contributed by atoms with van der Waals surface area (Å²) in [5.74, 6) is 7.48. The number of fused-ring (bicyclic) bond motifs is 12. The van der Waals surface area contributed by atoms with Crippen LogP contribution in [0.1, 0.15) is 158 Å². The molecule has 8 aliphatic carbocycles. The summed E-state index contributed by atoms with van der Waals surface area (Å²) < 4.78 is 13.3. The van der Waals surface area contributed by atoms with E-state index in [2.05, 4.69) is 66.7 Å². The van der Waals surface area contributed by atoms with Crippen molar-refractivity contribution in [1.29, 1.82) is 0 Å². The van der Waals surface area contributed by atoms with Gasteiger partial charge in [0.25, 0.3) is 0 Å². The number of ketones is 1. The van der Waals surface area contributed by atoms with Crippen LogP contribution < -0.4 is 0 Å².